The average molecular weight is 469 g/mol. The maximum atomic E-state index is 13.7. The molecule has 154 valence electrons. The van der Waals surface area contributed by atoms with Gasteiger partial charge >= 0.3 is 6.18 Å². The number of alkyl halides is 3. The molecular formula is C21H20BrF3N2O2. The third-order valence-electron chi connectivity index (χ3n) is 4.81. The second-order valence-electron chi connectivity index (χ2n) is 7.99. The van der Waals surface area contributed by atoms with Crippen molar-refractivity contribution in [1.29, 1.82) is 0 Å². The van der Waals surface area contributed by atoms with Crippen molar-refractivity contribution in [3.05, 3.63) is 69.7 Å². The maximum Gasteiger partial charge on any atom is 0.438 e. The van der Waals surface area contributed by atoms with Crippen molar-refractivity contribution in [3.8, 4) is 0 Å². The van der Waals surface area contributed by atoms with Crippen LogP contribution < -0.4 is 0 Å². The van der Waals surface area contributed by atoms with Crippen molar-refractivity contribution in [2.75, 3.05) is 0 Å². The minimum absolute atomic E-state index is 0.0153. The van der Waals surface area contributed by atoms with Gasteiger partial charge < -0.3 is 5.11 Å². The second-order valence-corrected chi connectivity index (χ2v) is 8.90. The van der Waals surface area contributed by atoms with Crippen LogP contribution in [0, 0.1) is 0 Å². The lowest BCUT2D eigenvalue weighted by molar-refractivity contribution is -0.297. The largest absolute Gasteiger partial charge is 0.438 e. The number of rotatable bonds is 2. The van der Waals surface area contributed by atoms with Crippen LogP contribution in [-0.4, -0.2) is 33.6 Å². The molecule has 0 bridgehead atoms. The first-order chi connectivity index (χ1) is 13.3. The normalized spacial score (nSPS) is 20.0. The van der Waals surface area contributed by atoms with Crippen LogP contribution in [-0.2, 0) is 5.41 Å². The Morgan fingerprint density at radius 3 is 2.10 bits per heavy atom. The summed E-state index contributed by atoms with van der Waals surface area (Å²) in [4.78, 5) is 12.9. The van der Waals surface area contributed by atoms with E-state index in [1.165, 1.54) is 12.1 Å². The highest BCUT2D eigenvalue weighted by atomic mass is 79.9. The number of hydrogen-bond donors (Lipinski definition) is 1. The van der Waals surface area contributed by atoms with E-state index in [9.17, 15) is 23.1 Å². The highest BCUT2D eigenvalue weighted by molar-refractivity contribution is 9.10. The summed E-state index contributed by atoms with van der Waals surface area (Å²) in [5, 5.41) is 14.5. The number of benzene rings is 2. The smallest absolute Gasteiger partial charge is 0.362 e. The minimum Gasteiger partial charge on any atom is -0.362 e. The molecular weight excluding hydrogens is 449 g/mol. The van der Waals surface area contributed by atoms with Crippen LogP contribution in [0.1, 0.15) is 48.7 Å². The molecule has 2 aromatic rings. The molecule has 1 amide bonds. The van der Waals surface area contributed by atoms with Crippen LogP contribution in [0.4, 0.5) is 13.2 Å². The van der Waals surface area contributed by atoms with Crippen LogP contribution in [0.3, 0.4) is 0 Å². The molecule has 1 aliphatic heterocycles. The molecule has 1 heterocycles. The van der Waals surface area contributed by atoms with E-state index in [0.29, 0.717) is 5.56 Å². The molecule has 4 nitrogen and oxygen atoms in total. The van der Waals surface area contributed by atoms with Gasteiger partial charge in [-0.15, -0.1) is 0 Å². The summed E-state index contributed by atoms with van der Waals surface area (Å²) in [6.45, 7) is 5.96. The monoisotopic (exact) mass is 468 g/mol. The Bertz CT molecular complexity index is 948. The molecule has 0 aromatic heterocycles. The summed E-state index contributed by atoms with van der Waals surface area (Å²) in [6.07, 6.45) is -5.92. The van der Waals surface area contributed by atoms with Gasteiger partial charge in [0.2, 0.25) is 0 Å². The van der Waals surface area contributed by atoms with Crippen LogP contribution in [0.15, 0.2) is 58.1 Å². The van der Waals surface area contributed by atoms with Gasteiger partial charge in [0.05, 0.1) is 12.1 Å². The van der Waals surface area contributed by atoms with Crippen LogP contribution in [0.2, 0.25) is 0 Å². The van der Waals surface area contributed by atoms with Gasteiger partial charge in [-0.2, -0.15) is 23.3 Å². The lowest BCUT2D eigenvalue weighted by Gasteiger charge is -2.32. The molecule has 1 unspecified atom stereocenters. The number of hydrogen-bond acceptors (Lipinski definition) is 3. The van der Waals surface area contributed by atoms with E-state index in [2.05, 4.69) is 21.0 Å². The van der Waals surface area contributed by atoms with E-state index < -0.39 is 24.2 Å². The highest BCUT2D eigenvalue weighted by Crippen LogP contribution is 2.42. The Labute approximate surface area is 175 Å². The van der Waals surface area contributed by atoms with Crippen molar-refractivity contribution in [3.63, 3.8) is 0 Å². The van der Waals surface area contributed by atoms with E-state index in [-0.39, 0.29) is 21.7 Å². The Balaban J connectivity index is 2.00. The predicted molar refractivity (Wildman–Crippen MR) is 108 cm³/mol. The van der Waals surface area contributed by atoms with Crippen molar-refractivity contribution in [2.24, 2.45) is 5.10 Å². The van der Waals surface area contributed by atoms with Crippen molar-refractivity contribution in [1.82, 2.24) is 5.01 Å². The SMILES string of the molecule is CC(C)(C)c1ccc(C(=O)N2N=C(c3ccc(Br)cc3)CC2(O)C(F)(F)F)cc1. The molecule has 0 radical (unpaired) electrons. The molecule has 2 aromatic carbocycles. The molecule has 3 rings (SSSR count). The first-order valence-corrected chi connectivity index (χ1v) is 9.70. The van der Waals surface area contributed by atoms with E-state index in [1.54, 1.807) is 36.4 Å². The van der Waals surface area contributed by atoms with Crippen LogP contribution in [0.25, 0.3) is 0 Å². The van der Waals surface area contributed by atoms with Crippen molar-refractivity contribution < 1.29 is 23.1 Å². The van der Waals surface area contributed by atoms with Gasteiger partial charge in [0.15, 0.2) is 0 Å². The molecule has 0 saturated carbocycles. The molecule has 1 N–H and O–H groups in total. The number of aliphatic hydroxyl groups is 1. The Morgan fingerprint density at radius 2 is 1.62 bits per heavy atom. The number of halogens is 4. The Morgan fingerprint density at radius 1 is 1.07 bits per heavy atom. The van der Waals surface area contributed by atoms with Gasteiger partial charge in [0.25, 0.3) is 11.6 Å². The summed E-state index contributed by atoms with van der Waals surface area (Å²) in [5.41, 5.74) is -2.25. The van der Waals surface area contributed by atoms with E-state index in [0.717, 1.165) is 10.0 Å². The predicted octanol–water partition coefficient (Wildman–Crippen LogP) is 5.25. The van der Waals surface area contributed by atoms with Gasteiger partial charge in [0, 0.05) is 10.0 Å². The second kappa shape index (κ2) is 7.25. The van der Waals surface area contributed by atoms with Gasteiger partial charge in [-0.1, -0.05) is 61.0 Å². The summed E-state index contributed by atoms with van der Waals surface area (Å²) >= 11 is 3.26. The highest BCUT2D eigenvalue weighted by Gasteiger charge is 2.63. The van der Waals surface area contributed by atoms with Crippen LogP contribution >= 0.6 is 15.9 Å². The summed E-state index contributed by atoms with van der Waals surface area (Å²) in [6, 6.07) is 12.7. The molecule has 29 heavy (non-hydrogen) atoms. The first kappa shape index (κ1) is 21.5. The molecule has 0 saturated heterocycles. The maximum absolute atomic E-state index is 13.7. The van der Waals surface area contributed by atoms with Gasteiger partial charge in [0.1, 0.15) is 0 Å². The zero-order valence-electron chi connectivity index (χ0n) is 16.1. The molecule has 0 aliphatic carbocycles. The number of carbonyl (C=O) groups is 1. The number of carbonyl (C=O) groups excluding carboxylic acids is 1. The minimum atomic E-state index is -5.07. The fraction of sp³-hybridized carbons (Fsp3) is 0.333. The molecule has 8 heteroatoms. The zero-order chi connectivity index (χ0) is 21.6. The van der Waals surface area contributed by atoms with Crippen LogP contribution in [0.5, 0.6) is 0 Å². The lowest BCUT2D eigenvalue weighted by atomic mass is 9.86. The zero-order valence-corrected chi connectivity index (χ0v) is 17.7. The molecule has 0 fully saturated rings. The third-order valence-corrected chi connectivity index (χ3v) is 5.34. The fourth-order valence-corrected chi connectivity index (χ4v) is 3.28. The first-order valence-electron chi connectivity index (χ1n) is 8.90. The Kier molecular flexibility index (Phi) is 5.38. The standard InChI is InChI=1S/C21H20BrF3N2O2/c1-19(2,3)15-8-4-14(5-9-15)18(28)27-20(29,21(23,24)25)12-17(26-27)13-6-10-16(22)11-7-13/h4-11,29H,12H2,1-3H3. The third kappa shape index (κ3) is 4.09. The average Bonchev–Trinajstić information content (AvgIpc) is 3.00. The molecule has 1 atom stereocenters. The van der Waals surface area contributed by atoms with Crippen molar-refractivity contribution >= 4 is 27.5 Å². The summed E-state index contributed by atoms with van der Waals surface area (Å²) in [7, 11) is 0. The van der Waals surface area contributed by atoms with Gasteiger partial charge in [-0.3, -0.25) is 4.79 Å². The van der Waals surface area contributed by atoms with E-state index in [4.69, 9.17) is 0 Å². The van der Waals surface area contributed by atoms with E-state index in [1.807, 2.05) is 20.8 Å². The topological polar surface area (TPSA) is 52.9 Å². The number of nitrogens with zero attached hydrogens (tertiary/aromatic N) is 2. The quantitative estimate of drug-likeness (QED) is 0.654. The molecule has 1 aliphatic rings. The Hall–Kier alpha value is -2.19. The molecule has 0 spiro atoms. The number of hydrazone groups is 1. The number of amides is 1. The summed E-state index contributed by atoms with van der Waals surface area (Å²) < 4.78 is 41.9. The van der Waals surface area contributed by atoms with Gasteiger partial charge in [-0.25, -0.2) is 0 Å². The fourth-order valence-electron chi connectivity index (χ4n) is 3.02. The summed E-state index contributed by atoms with van der Waals surface area (Å²) in [5.74, 6) is -1.02. The van der Waals surface area contributed by atoms with Crippen molar-refractivity contribution in [2.45, 2.75) is 44.5 Å². The van der Waals surface area contributed by atoms with Gasteiger partial charge in [-0.05, 0) is 40.8 Å². The lowest BCUT2D eigenvalue weighted by Crippen LogP contribution is -2.56. The van der Waals surface area contributed by atoms with E-state index >= 15 is 0 Å².